The first-order valence-electron chi connectivity index (χ1n) is 4.73. The molecule has 0 saturated carbocycles. The Morgan fingerprint density at radius 1 is 1.62 bits per heavy atom. The SMILES string of the molecule is Cl.Cl.O=C(NCc1nccs1)[C@@H]1CCNC1. The average Bonchev–Trinajstić information content (AvgIpc) is 2.87. The molecule has 0 aromatic carbocycles. The van der Waals surface area contributed by atoms with Gasteiger partial charge in [0.2, 0.25) is 5.91 Å². The highest BCUT2D eigenvalue weighted by Gasteiger charge is 2.21. The molecule has 16 heavy (non-hydrogen) atoms. The molecule has 1 aliphatic rings. The largest absolute Gasteiger partial charge is 0.349 e. The minimum Gasteiger partial charge on any atom is -0.349 e. The van der Waals surface area contributed by atoms with Crippen LogP contribution in [0.2, 0.25) is 0 Å². The first kappa shape index (κ1) is 15.6. The number of amides is 1. The zero-order chi connectivity index (χ0) is 9.80. The van der Waals surface area contributed by atoms with Gasteiger partial charge in [-0.05, 0) is 13.0 Å². The van der Waals surface area contributed by atoms with Gasteiger partial charge in [0, 0.05) is 18.1 Å². The predicted molar refractivity (Wildman–Crippen MR) is 69.4 cm³/mol. The quantitative estimate of drug-likeness (QED) is 0.877. The number of carbonyl (C=O) groups is 1. The average molecular weight is 284 g/mol. The Bertz CT molecular complexity index is 302. The second kappa shape index (κ2) is 7.84. The smallest absolute Gasteiger partial charge is 0.224 e. The number of hydrogen-bond acceptors (Lipinski definition) is 4. The second-order valence-corrected chi connectivity index (χ2v) is 4.31. The molecule has 4 nitrogen and oxygen atoms in total. The summed E-state index contributed by atoms with van der Waals surface area (Å²) in [5.74, 6) is 0.292. The third kappa shape index (κ3) is 4.25. The molecule has 0 spiro atoms. The topological polar surface area (TPSA) is 54.0 Å². The van der Waals surface area contributed by atoms with Crippen LogP contribution < -0.4 is 10.6 Å². The lowest BCUT2D eigenvalue weighted by molar-refractivity contribution is -0.124. The molecular weight excluding hydrogens is 269 g/mol. The van der Waals surface area contributed by atoms with E-state index in [1.165, 1.54) is 0 Å². The molecule has 92 valence electrons. The van der Waals surface area contributed by atoms with Crippen LogP contribution in [0.3, 0.4) is 0 Å². The molecule has 7 heteroatoms. The van der Waals surface area contributed by atoms with Gasteiger partial charge in [-0.15, -0.1) is 36.2 Å². The van der Waals surface area contributed by atoms with E-state index in [1.807, 2.05) is 5.38 Å². The third-order valence-corrected chi connectivity index (χ3v) is 3.11. The van der Waals surface area contributed by atoms with Crippen LogP contribution in [0.5, 0.6) is 0 Å². The van der Waals surface area contributed by atoms with E-state index < -0.39 is 0 Å². The number of nitrogens with one attached hydrogen (secondary N) is 2. The van der Waals surface area contributed by atoms with Gasteiger partial charge in [-0.3, -0.25) is 4.79 Å². The van der Waals surface area contributed by atoms with Crippen molar-refractivity contribution in [2.24, 2.45) is 5.92 Å². The van der Waals surface area contributed by atoms with E-state index in [4.69, 9.17) is 0 Å². The number of nitrogens with zero attached hydrogens (tertiary/aromatic N) is 1. The van der Waals surface area contributed by atoms with Gasteiger partial charge in [-0.2, -0.15) is 0 Å². The van der Waals surface area contributed by atoms with Crippen LogP contribution in [-0.2, 0) is 11.3 Å². The first-order chi connectivity index (χ1) is 6.86. The van der Waals surface area contributed by atoms with Crippen LogP contribution in [0.1, 0.15) is 11.4 Å². The number of aromatic nitrogens is 1. The fraction of sp³-hybridized carbons (Fsp3) is 0.556. The lowest BCUT2D eigenvalue weighted by atomic mass is 10.1. The molecule has 0 aliphatic carbocycles. The molecule has 2 N–H and O–H groups in total. The van der Waals surface area contributed by atoms with Crippen LogP contribution in [-0.4, -0.2) is 24.0 Å². The van der Waals surface area contributed by atoms with Crippen molar-refractivity contribution in [1.29, 1.82) is 0 Å². The van der Waals surface area contributed by atoms with Crippen LogP contribution in [0.15, 0.2) is 11.6 Å². The van der Waals surface area contributed by atoms with Crippen LogP contribution in [0, 0.1) is 5.92 Å². The standard InChI is InChI=1S/C9H13N3OS.2ClH/c13-9(7-1-2-10-5-7)12-6-8-11-3-4-14-8;;/h3-4,7,10H,1-2,5-6H2,(H,12,13);2*1H/t7-;;/m1../s1. The number of hydrogen-bond donors (Lipinski definition) is 2. The molecule has 1 aromatic rings. The molecule has 1 saturated heterocycles. The van der Waals surface area contributed by atoms with Crippen molar-refractivity contribution in [2.75, 3.05) is 13.1 Å². The Balaban J connectivity index is 0.00000112. The monoisotopic (exact) mass is 283 g/mol. The van der Waals surface area contributed by atoms with Crippen LogP contribution in [0.25, 0.3) is 0 Å². The van der Waals surface area contributed by atoms with Crippen molar-refractivity contribution < 1.29 is 4.79 Å². The Morgan fingerprint density at radius 2 is 2.44 bits per heavy atom. The molecule has 2 heterocycles. The van der Waals surface area contributed by atoms with Crippen LogP contribution in [0.4, 0.5) is 0 Å². The molecule has 0 unspecified atom stereocenters. The van der Waals surface area contributed by atoms with E-state index in [0.717, 1.165) is 24.5 Å². The van der Waals surface area contributed by atoms with Crippen molar-refractivity contribution in [3.05, 3.63) is 16.6 Å². The lowest BCUT2D eigenvalue weighted by Gasteiger charge is -2.07. The maximum Gasteiger partial charge on any atom is 0.224 e. The van der Waals surface area contributed by atoms with E-state index in [9.17, 15) is 4.79 Å². The van der Waals surface area contributed by atoms with E-state index in [0.29, 0.717) is 6.54 Å². The van der Waals surface area contributed by atoms with E-state index >= 15 is 0 Å². The van der Waals surface area contributed by atoms with Gasteiger partial charge in [-0.25, -0.2) is 4.98 Å². The summed E-state index contributed by atoms with van der Waals surface area (Å²) in [6.07, 6.45) is 2.70. The van der Waals surface area contributed by atoms with Crippen molar-refractivity contribution in [1.82, 2.24) is 15.6 Å². The number of rotatable bonds is 3. The van der Waals surface area contributed by atoms with E-state index in [2.05, 4.69) is 15.6 Å². The zero-order valence-electron chi connectivity index (χ0n) is 8.64. The van der Waals surface area contributed by atoms with Gasteiger partial charge in [0.1, 0.15) is 5.01 Å². The van der Waals surface area contributed by atoms with Gasteiger partial charge in [0.25, 0.3) is 0 Å². The molecule has 1 aliphatic heterocycles. The van der Waals surface area contributed by atoms with Crippen molar-refractivity contribution in [3.63, 3.8) is 0 Å². The zero-order valence-corrected chi connectivity index (χ0v) is 11.1. The molecular formula is C9H15Cl2N3OS. The fourth-order valence-corrected chi connectivity index (χ4v) is 2.08. The van der Waals surface area contributed by atoms with Crippen molar-refractivity contribution >= 4 is 42.1 Å². The summed E-state index contributed by atoms with van der Waals surface area (Å²) in [6.45, 7) is 2.33. The van der Waals surface area contributed by atoms with Gasteiger partial charge in [0.15, 0.2) is 0 Å². The molecule has 1 atom stereocenters. The molecule has 1 amide bonds. The van der Waals surface area contributed by atoms with Crippen molar-refractivity contribution in [2.45, 2.75) is 13.0 Å². The summed E-state index contributed by atoms with van der Waals surface area (Å²) in [6, 6.07) is 0. The first-order valence-corrected chi connectivity index (χ1v) is 5.61. The highest BCUT2D eigenvalue weighted by atomic mass is 35.5. The van der Waals surface area contributed by atoms with Gasteiger partial charge >= 0.3 is 0 Å². The highest BCUT2D eigenvalue weighted by molar-refractivity contribution is 7.09. The summed E-state index contributed by atoms with van der Waals surface area (Å²) < 4.78 is 0. The van der Waals surface area contributed by atoms with Crippen LogP contribution >= 0.6 is 36.2 Å². The number of carbonyl (C=O) groups excluding carboxylic acids is 1. The third-order valence-electron chi connectivity index (χ3n) is 2.33. The Hall–Kier alpha value is -0.360. The van der Waals surface area contributed by atoms with Gasteiger partial charge < -0.3 is 10.6 Å². The molecule has 2 rings (SSSR count). The highest BCUT2D eigenvalue weighted by Crippen LogP contribution is 2.08. The summed E-state index contributed by atoms with van der Waals surface area (Å²) in [7, 11) is 0. The molecule has 0 radical (unpaired) electrons. The Kier molecular flexibility index (Phi) is 7.66. The molecule has 0 bridgehead atoms. The fourth-order valence-electron chi connectivity index (χ4n) is 1.53. The van der Waals surface area contributed by atoms with Gasteiger partial charge in [-0.1, -0.05) is 0 Å². The minimum atomic E-state index is 0. The maximum absolute atomic E-state index is 11.6. The van der Waals surface area contributed by atoms with Crippen molar-refractivity contribution in [3.8, 4) is 0 Å². The number of halogens is 2. The van der Waals surface area contributed by atoms with E-state index in [-0.39, 0.29) is 36.6 Å². The normalized spacial score (nSPS) is 18.4. The predicted octanol–water partition coefficient (Wildman–Crippen LogP) is 1.21. The maximum atomic E-state index is 11.6. The molecule has 1 fully saturated rings. The Morgan fingerprint density at radius 3 is 3.00 bits per heavy atom. The van der Waals surface area contributed by atoms with E-state index in [1.54, 1.807) is 17.5 Å². The second-order valence-electron chi connectivity index (χ2n) is 3.33. The Labute approximate surface area is 111 Å². The lowest BCUT2D eigenvalue weighted by Crippen LogP contribution is -2.31. The summed E-state index contributed by atoms with van der Waals surface area (Å²) in [5.41, 5.74) is 0. The molecule has 1 aromatic heterocycles. The summed E-state index contributed by atoms with van der Waals surface area (Å²) in [5, 5.41) is 8.95. The summed E-state index contributed by atoms with van der Waals surface area (Å²) >= 11 is 1.57. The minimum absolute atomic E-state index is 0. The number of thiazole rings is 1. The summed E-state index contributed by atoms with van der Waals surface area (Å²) in [4.78, 5) is 15.7. The van der Waals surface area contributed by atoms with Gasteiger partial charge in [0.05, 0.1) is 12.5 Å².